The van der Waals surface area contributed by atoms with Crippen LogP contribution in [0.2, 0.25) is 0 Å². The van der Waals surface area contributed by atoms with Crippen molar-refractivity contribution in [1.82, 2.24) is 25.2 Å². The van der Waals surface area contributed by atoms with Crippen LogP contribution in [0, 0.1) is 0 Å². The first-order valence-electron chi connectivity index (χ1n) is 6.84. The molecule has 9 nitrogen and oxygen atoms in total. The summed E-state index contributed by atoms with van der Waals surface area (Å²) in [6, 6.07) is 1.68. The van der Waals surface area contributed by atoms with Crippen LogP contribution in [-0.2, 0) is 16.5 Å². The fourth-order valence-electron chi connectivity index (χ4n) is 2.27. The molecule has 3 rings (SSSR count). The molecule has 0 radical (unpaired) electrons. The number of ether oxygens (including phenoxy) is 2. The molecule has 0 aliphatic carbocycles. The Balaban J connectivity index is 2.01. The van der Waals surface area contributed by atoms with Crippen molar-refractivity contribution in [3.8, 4) is 11.4 Å². The zero-order valence-electron chi connectivity index (χ0n) is 12.4. The number of methoxy groups -OCH3 is 1. The third-order valence-electron chi connectivity index (χ3n) is 3.35. The van der Waals surface area contributed by atoms with Gasteiger partial charge in [-0.3, -0.25) is 0 Å². The van der Waals surface area contributed by atoms with E-state index in [1.54, 1.807) is 19.3 Å². The third kappa shape index (κ3) is 2.75. The SMILES string of the molecule is COC(=O)c1cc(-c2nnn(C)n2)cnc1N1CCOCC1. The van der Waals surface area contributed by atoms with Crippen LogP contribution in [0.5, 0.6) is 0 Å². The van der Waals surface area contributed by atoms with Crippen molar-refractivity contribution >= 4 is 11.8 Å². The van der Waals surface area contributed by atoms with Crippen molar-refractivity contribution in [3.63, 3.8) is 0 Å². The molecular formula is C13H16N6O3. The number of hydrogen-bond acceptors (Lipinski definition) is 8. The van der Waals surface area contributed by atoms with E-state index in [9.17, 15) is 4.79 Å². The van der Waals surface area contributed by atoms with E-state index < -0.39 is 5.97 Å². The van der Waals surface area contributed by atoms with E-state index >= 15 is 0 Å². The van der Waals surface area contributed by atoms with Gasteiger partial charge >= 0.3 is 5.97 Å². The van der Waals surface area contributed by atoms with Crippen molar-refractivity contribution in [2.24, 2.45) is 7.05 Å². The molecule has 0 N–H and O–H groups in total. The van der Waals surface area contributed by atoms with Gasteiger partial charge in [0.2, 0.25) is 5.82 Å². The molecule has 2 aromatic heterocycles. The van der Waals surface area contributed by atoms with Gasteiger partial charge in [0.05, 0.1) is 27.4 Å². The largest absolute Gasteiger partial charge is 0.465 e. The Morgan fingerprint density at radius 3 is 2.77 bits per heavy atom. The van der Waals surface area contributed by atoms with Gasteiger partial charge in [-0.05, 0) is 11.3 Å². The molecule has 1 aliphatic rings. The molecule has 9 heteroatoms. The quantitative estimate of drug-likeness (QED) is 0.725. The standard InChI is InChI=1S/C13H16N6O3/c1-18-16-11(15-17-18)9-7-10(13(20)21-2)12(14-8-9)19-3-5-22-6-4-19/h7-8H,3-6H2,1-2H3. The first-order valence-corrected chi connectivity index (χ1v) is 6.84. The molecule has 0 atom stereocenters. The van der Waals surface area contributed by atoms with Crippen molar-refractivity contribution in [3.05, 3.63) is 17.8 Å². The summed E-state index contributed by atoms with van der Waals surface area (Å²) in [7, 11) is 3.02. The summed E-state index contributed by atoms with van der Waals surface area (Å²) in [5.41, 5.74) is 1.000. The zero-order valence-corrected chi connectivity index (χ0v) is 12.4. The minimum absolute atomic E-state index is 0.384. The lowest BCUT2D eigenvalue weighted by molar-refractivity contribution is 0.0600. The van der Waals surface area contributed by atoms with Crippen LogP contribution in [0.25, 0.3) is 11.4 Å². The summed E-state index contributed by atoms with van der Waals surface area (Å²) in [5, 5.41) is 11.8. The summed E-state index contributed by atoms with van der Waals surface area (Å²) < 4.78 is 10.2. The van der Waals surface area contributed by atoms with E-state index in [1.807, 2.05) is 4.90 Å². The van der Waals surface area contributed by atoms with Crippen LogP contribution in [0.3, 0.4) is 0 Å². The maximum Gasteiger partial charge on any atom is 0.341 e. The highest BCUT2D eigenvalue weighted by Crippen LogP contribution is 2.24. The summed E-state index contributed by atoms with van der Waals surface area (Å²) in [5.74, 6) is 0.552. The smallest absolute Gasteiger partial charge is 0.341 e. The number of esters is 1. The summed E-state index contributed by atoms with van der Waals surface area (Å²) >= 11 is 0. The van der Waals surface area contributed by atoms with Crippen LogP contribution in [-0.4, -0.2) is 64.6 Å². The highest BCUT2D eigenvalue weighted by Gasteiger charge is 2.22. The van der Waals surface area contributed by atoms with Crippen LogP contribution in [0.1, 0.15) is 10.4 Å². The van der Waals surface area contributed by atoms with E-state index in [-0.39, 0.29) is 0 Å². The second kappa shape index (κ2) is 6.06. The van der Waals surface area contributed by atoms with Crippen molar-refractivity contribution < 1.29 is 14.3 Å². The summed E-state index contributed by atoms with van der Waals surface area (Å²) in [4.78, 5) is 19.8. The molecule has 0 spiro atoms. The molecule has 116 valence electrons. The van der Waals surface area contributed by atoms with Gasteiger partial charge in [-0.15, -0.1) is 10.2 Å². The highest BCUT2D eigenvalue weighted by molar-refractivity contribution is 5.96. The number of morpholine rings is 1. The maximum atomic E-state index is 12.1. The third-order valence-corrected chi connectivity index (χ3v) is 3.35. The van der Waals surface area contributed by atoms with Gasteiger partial charge in [0, 0.05) is 24.8 Å². The molecule has 22 heavy (non-hydrogen) atoms. The van der Waals surface area contributed by atoms with Gasteiger partial charge in [-0.2, -0.15) is 4.80 Å². The van der Waals surface area contributed by atoms with Crippen LogP contribution < -0.4 is 4.90 Å². The predicted molar refractivity (Wildman–Crippen MR) is 76.4 cm³/mol. The van der Waals surface area contributed by atoms with Crippen molar-refractivity contribution in [2.75, 3.05) is 38.3 Å². The number of aryl methyl sites for hydroxylation is 1. The Labute approximate surface area is 126 Å². The van der Waals surface area contributed by atoms with Gasteiger partial charge in [0.25, 0.3) is 0 Å². The number of hydrogen-bond donors (Lipinski definition) is 0. The number of carbonyl (C=O) groups excluding carboxylic acids is 1. The molecule has 0 unspecified atom stereocenters. The van der Waals surface area contributed by atoms with Crippen LogP contribution >= 0.6 is 0 Å². The fraction of sp³-hybridized carbons (Fsp3) is 0.462. The van der Waals surface area contributed by atoms with E-state index in [4.69, 9.17) is 9.47 Å². The van der Waals surface area contributed by atoms with Gasteiger partial charge < -0.3 is 14.4 Å². The minimum Gasteiger partial charge on any atom is -0.465 e. The Morgan fingerprint density at radius 2 is 2.14 bits per heavy atom. The van der Waals surface area contributed by atoms with E-state index in [2.05, 4.69) is 20.4 Å². The molecule has 0 amide bonds. The first-order chi connectivity index (χ1) is 10.7. The molecule has 2 aromatic rings. The summed E-state index contributed by atoms with van der Waals surface area (Å²) in [6.07, 6.45) is 1.63. The van der Waals surface area contributed by atoms with Crippen molar-refractivity contribution in [1.29, 1.82) is 0 Å². The Kier molecular flexibility index (Phi) is 3.96. The monoisotopic (exact) mass is 304 g/mol. The number of rotatable bonds is 3. The highest BCUT2D eigenvalue weighted by atomic mass is 16.5. The van der Waals surface area contributed by atoms with E-state index in [0.29, 0.717) is 49.1 Å². The van der Waals surface area contributed by atoms with E-state index in [1.165, 1.54) is 11.9 Å². The Bertz CT molecular complexity index is 680. The molecule has 0 bridgehead atoms. The number of tetrazole rings is 1. The van der Waals surface area contributed by atoms with Crippen molar-refractivity contribution in [2.45, 2.75) is 0 Å². The van der Waals surface area contributed by atoms with Gasteiger partial charge in [0.1, 0.15) is 11.4 Å². The van der Waals surface area contributed by atoms with E-state index in [0.717, 1.165) is 0 Å². The lowest BCUT2D eigenvalue weighted by atomic mass is 10.1. The minimum atomic E-state index is -0.445. The first kappa shape index (κ1) is 14.4. The Morgan fingerprint density at radius 1 is 1.36 bits per heavy atom. The maximum absolute atomic E-state index is 12.1. The number of aromatic nitrogens is 5. The molecule has 1 aliphatic heterocycles. The number of pyridine rings is 1. The fourth-order valence-corrected chi connectivity index (χ4v) is 2.27. The number of carbonyl (C=O) groups is 1. The normalized spacial score (nSPS) is 14.9. The average Bonchev–Trinajstić information content (AvgIpc) is 3.01. The van der Waals surface area contributed by atoms with Crippen LogP contribution in [0.4, 0.5) is 5.82 Å². The predicted octanol–water partition coefficient (Wildman–Crippen LogP) is -0.105. The lowest BCUT2D eigenvalue weighted by Crippen LogP contribution is -2.37. The molecule has 1 fully saturated rings. The second-order valence-corrected chi connectivity index (χ2v) is 4.79. The average molecular weight is 304 g/mol. The van der Waals surface area contributed by atoms with Crippen LogP contribution in [0.15, 0.2) is 12.3 Å². The van der Waals surface area contributed by atoms with Gasteiger partial charge in [-0.25, -0.2) is 9.78 Å². The molecule has 1 saturated heterocycles. The summed E-state index contributed by atoms with van der Waals surface area (Å²) in [6.45, 7) is 2.57. The lowest BCUT2D eigenvalue weighted by Gasteiger charge is -2.29. The van der Waals surface area contributed by atoms with Gasteiger partial charge in [0.15, 0.2) is 0 Å². The number of nitrogens with zero attached hydrogens (tertiary/aromatic N) is 6. The Hall–Kier alpha value is -2.55. The topological polar surface area (TPSA) is 95.3 Å². The second-order valence-electron chi connectivity index (χ2n) is 4.79. The molecular weight excluding hydrogens is 288 g/mol. The number of anilines is 1. The molecule has 3 heterocycles. The molecule has 0 saturated carbocycles. The molecule has 0 aromatic carbocycles. The zero-order chi connectivity index (χ0) is 15.5. The van der Waals surface area contributed by atoms with Gasteiger partial charge in [-0.1, -0.05) is 0 Å².